The van der Waals surface area contributed by atoms with Gasteiger partial charge in [0.15, 0.2) is 0 Å². The van der Waals surface area contributed by atoms with E-state index in [1.807, 2.05) is 41.2 Å². The predicted octanol–water partition coefficient (Wildman–Crippen LogP) is 3.15. The monoisotopic (exact) mass is 347 g/mol. The average molecular weight is 347 g/mol. The van der Waals surface area contributed by atoms with Crippen molar-refractivity contribution >= 4 is 5.69 Å². The van der Waals surface area contributed by atoms with Crippen molar-refractivity contribution in [1.29, 1.82) is 0 Å². The summed E-state index contributed by atoms with van der Waals surface area (Å²) in [5.74, 6) is 0. The first-order valence-corrected chi connectivity index (χ1v) is 9.16. The summed E-state index contributed by atoms with van der Waals surface area (Å²) < 4.78 is 1.85. The van der Waals surface area contributed by atoms with Gasteiger partial charge in [-0.1, -0.05) is 41.6 Å². The lowest BCUT2D eigenvalue weighted by molar-refractivity contribution is 0.283. The number of hydrogen-bond acceptors (Lipinski definition) is 4. The first-order chi connectivity index (χ1) is 12.7. The molecule has 0 aliphatic carbocycles. The van der Waals surface area contributed by atoms with Crippen LogP contribution < -0.4 is 4.90 Å². The van der Waals surface area contributed by atoms with Gasteiger partial charge in [0.1, 0.15) is 5.69 Å². The number of hydrogen-bond donors (Lipinski definition) is 0. The maximum Gasteiger partial charge on any atom is 0.102 e. The molecule has 1 unspecified atom stereocenters. The van der Waals surface area contributed by atoms with Gasteiger partial charge in [-0.25, -0.2) is 4.68 Å². The molecule has 1 atom stereocenters. The van der Waals surface area contributed by atoms with E-state index >= 15 is 0 Å². The standard InChI is InChI=1S/C21H25N5/c1-24(2)20-13-12-17-8-6-7-11-21(17)25(16-20)14-18-15-26(23-22-18)19-9-4-3-5-10-19/h3-11,15,20H,12-14,16H2,1-2H3. The molecule has 1 aliphatic heterocycles. The van der Waals surface area contributed by atoms with Crippen LogP contribution in [0.2, 0.25) is 0 Å². The first kappa shape index (κ1) is 16.8. The molecule has 0 amide bonds. The maximum atomic E-state index is 4.42. The molecule has 0 spiro atoms. The largest absolute Gasteiger partial charge is 0.364 e. The van der Waals surface area contributed by atoms with Gasteiger partial charge in [0.2, 0.25) is 0 Å². The van der Waals surface area contributed by atoms with Crippen LogP contribution in [0, 0.1) is 0 Å². The number of likely N-dealkylation sites (N-methyl/N-ethyl adjacent to an activating group) is 1. The number of aryl methyl sites for hydroxylation is 1. The molecule has 5 nitrogen and oxygen atoms in total. The fraction of sp³-hybridized carbons (Fsp3) is 0.333. The van der Waals surface area contributed by atoms with E-state index in [9.17, 15) is 0 Å². The fourth-order valence-electron chi connectivity index (χ4n) is 3.64. The van der Waals surface area contributed by atoms with E-state index in [2.05, 4.69) is 58.5 Å². The van der Waals surface area contributed by atoms with E-state index in [4.69, 9.17) is 0 Å². The third-order valence-electron chi connectivity index (χ3n) is 5.16. The van der Waals surface area contributed by atoms with Crippen LogP contribution in [0.4, 0.5) is 5.69 Å². The highest BCUT2D eigenvalue weighted by Gasteiger charge is 2.23. The number of fused-ring (bicyclic) bond motifs is 1. The molecular formula is C21H25N5. The highest BCUT2D eigenvalue weighted by Crippen LogP contribution is 2.28. The highest BCUT2D eigenvalue weighted by atomic mass is 15.4. The van der Waals surface area contributed by atoms with E-state index in [0.29, 0.717) is 6.04 Å². The summed E-state index contributed by atoms with van der Waals surface area (Å²) in [5.41, 5.74) is 4.77. The third kappa shape index (κ3) is 3.48. The number of anilines is 1. The van der Waals surface area contributed by atoms with Crippen LogP contribution in [-0.2, 0) is 13.0 Å². The SMILES string of the molecule is CN(C)C1CCc2ccccc2N(Cc2cn(-c3ccccc3)nn2)C1. The summed E-state index contributed by atoms with van der Waals surface area (Å²) in [6.07, 6.45) is 4.33. The summed E-state index contributed by atoms with van der Waals surface area (Å²) in [7, 11) is 4.34. The Morgan fingerprint density at radius 2 is 1.81 bits per heavy atom. The molecule has 1 aliphatic rings. The van der Waals surface area contributed by atoms with E-state index < -0.39 is 0 Å². The summed E-state index contributed by atoms with van der Waals surface area (Å²) >= 11 is 0. The Balaban J connectivity index is 1.60. The predicted molar refractivity (Wildman–Crippen MR) is 105 cm³/mol. The van der Waals surface area contributed by atoms with E-state index in [1.54, 1.807) is 0 Å². The molecule has 134 valence electrons. The molecule has 4 rings (SSSR count). The van der Waals surface area contributed by atoms with Crippen molar-refractivity contribution < 1.29 is 0 Å². The minimum atomic E-state index is 0.534. The molecule has 2 heterocycles. The Labute approximate surface area is 154 Å². The second-order valence-electron chi connectivity index (χ2n) is 7.16. The molecule has 1 aromatic heterocycles. The molecule has 0 bridgehead atoms. The fourth-order valence-corrected chi connectivity index (χ4v) is 3.64. The van der Waals surface area contributed by atoms with Gasteiger partial charge >= 0.3 is 0 Å². The second kappa shape index (κ2) is 7.30. The Morgan fingerprint density at radius 3 is 2.62 bits per heavy atom. The third-order valence-corrected chi connectivity index (χ3v) is 5.16. The number of rotatable bonds is 4. The molecular weight excluding hydrogens is 322 g/mol. The molecule has 26 heavy (non-hydrogen) atoms. The van der Waals surface area contributed by atoms with Gasteiger partial charge in [-0.15, -0.1) is 5.10 Å². The molecule has 5 heteroatoms. The maximum absolute atomic E-state index is 4.42. The summed E-state index contributed by atoms with van der Waals surface area (Å²) in [5, 5.41) is 8.73. The van der Waals surface area contributed by atoms with Gasteiger partial charge in [0, 0.05) is 18.3 Å². The van der Waals surface area contributed by atoms with Gasteiger partial charge in [-0.3, -0.25) is 0 Å². The lowest BCUT2D eigenvalue weighted by Crippen LogP contribution is -2.39. The second-order valence-corrected chi connectivity index (χ2v) is 7.16. The van der Waals surface area contributed by atoms with Crippen LogP contribution in [0.5, 0.6) is 0 Å². The van der Waals surface area contributed by atoms with Crippen LogP contribution in [0.3, 0.4) is 0 Å². The van der Waals surface area contributed by atoms with Gasteiger partial charge < -0.3 is 9.80 Å². The summed E-state index contributed by atoms with van der Waals surface area (Å²) in [4.78, 5) is 4.78. The van der Waals surface area contributed by atoms with Crippen LogP contribution in [0.1, 0.15) is 17.7 Å². The van der Waals surface area contributed by atoms with Crippen molar-refractivity contribution in [2.75, 3.05) is 25.5 Å². The highest BCUT2D eigenvalue weighted by molar-refractivity contribution is 5.55. The Morgan fingerprint density at radius 1 is 1.04 bits per heavy atom. The number of benzene rings is 2. The van der Waals surface area contributed by atoms with E-state index in [-0.39, 0.29) is 0 Å². The quantitative estimate of drug-likeness (QED) is 0.727. The van der Waals surface area contributed by atoms with Crippen LogP contribution >= 0.6 is 0 Å². The average Bonchev–Trinajstić information content (AvgIpc) is 3.05. The van der Waals surface area contributed by atoms with Gasteiger partial charge in [-0.2, -0.15) is 0 Å². The van der Waals surface area contributed by atoms with Crippen molar-refractivity contribution in [2.24, 2.45) is 0 Å². The zero-order valence-electron chi connectivity index (χ0n) is 15.4. The summed E-state index contributed by atoms with van der Waals surface area (Å²) in [6.45, 7) is 1.77. The van der Waals surface area contributed by atoms with Crippen LogP contribution in [-0.4, -0.2) is 46.6 Å². The number of nitrogens with zero attached hydrogens (tertiary/aromatic N) is 5. The Hall–Kier alpha value is -2.66. The molecule has 0 saturated carbocycles. The van der Waals surface area contributed by atoms with Crippen LogP contribution in [0.25, 0.3) is 5.69 Å². The van der Waals surface area contributed by atoms with Gasteiger partial charge in [0.05, 0.1) is 18.4 Å². The molecule has 0 radical (unpaired) electrons. The van der Waals surface area contributed by atoms with Crippen molar-refractivity contribution in [2.45, 2.75) is 25.4 Å². The molecule has 0 fully saturated rings. The minimum absolute atomic E-state index is 0.534. The normalized spacial score (nSPS) is 17.2. The minimum Gasteiger partial charge on any atom is -0.364 e. The van der Waals surface area contributed by atoms with Crippen LogP contribution in [0.15, 0.2) is 60.8 Å². The van der Waals surface area contributed by atoms with Crippen molar-refractivity contribution in [3.05, 3.63) is 72.1 Å². The first-order valence-electron chi connectivity index (χ1n) is 9.16. The van der Waals surface area contributed by atoms with Gasteiger partial charge in [0.25, 0.3) is 0 Å². The molecule has 2 aromatic carbocycles. The molecule has 3 aromatic rings. The smallest absolute Gasteiger partial charge is 0.102 e. The van der Waals surface area contributed by atoms with Crippen molar-refractivity contribution in [1.82, 2.24) is 19.9 Å². The van der Waals surface area contributed by atoms with Gasteiger partial charge in [-0.05, 0) is 50.7 Å². The zero-order valence-corrected chi connectivity index (χ0v) is 15.4. The summed E-state index contributed by atoms with van der Waals surface area (Å²) in [6, 6.07) is 19.4. The van der Waals surface area contributed by atoms with Crippen molar-refractivity contribution in [3.8, 4) is 5.69 Å². The molecule has 0 N–H and O–H groups in total. The Kier molecular flexibility index (Phi) is 4.71. The number of aromatic nitrogens is 3. The van der Waals surface area contributed by atoms with E-state index in [1.165, 1.54) is 17.7 Å². The number of para-hydroxylation sites is 2. The lowest BCUT2D eigenvalue weighted by Gasteiger charge is -2.30. The van der Waals surface area contributed by atoms with Crippen molar-refractivity contribution in [3.63, 3.8) is 0 Å². The zero-order chi connectivity index (χ0) is 17.9. The van der Waals surface area contributed by atoms with E-state index in [0.717, 1.165) is 30.9 Å². The lowest BCUT2D eigenvalue weighted by atomic mass is 10.1. The molecule has 0 saturated heterocycles. The Bertz CT molecular complexity index is 856. The topological polar surface area (TPSA) is 37.2 Å².